The van der Waals surface area contributed by atoms with E-state index < -0.39 is 23.6 Å². The van der Waals surface area contributed by atoms with E-state index in [0.29, 0.717) is 17.8 Å². The first-order chi connectivity index (χ1) is 13.3. The molecule has 1 aliphatic heterocycles. The van der Waals surface area contributed by atoms with Crippen LogP contribution in [-0.4, -0.2) is 40.9 Å². The molecule has 1 aliphatic rings. The molecule has 0 saturated carbocycles. The molecule has 7 heteroatoms. The number of carboxylic acids is 1. The second-order valence-corrected chi connectivity index (χ2v) is 7.06. The van der Waals surface area contributed by atoms with Crippen LogP contribution < -0.4 is 5.32 Å². The van der Waals surface area contributed by atoms with Crippen molar-refractivity contribution in [3.63, 3.8) is 0 Å². The van der Waals surface area contributed by atoms with Gasteiger partial charge in [-0.05, 0) is 36.6 Å². The van der Waals surface area contributed by atoms with E-state index in [0.717, 1.165) is 0 Å². The first kappa shape index (κ1) is 19.5. The van der Waals surface area contributed by atoms with Crippen molar-refractivity contribution in [1.82, 2.24) is 4.90 Å². The van der Waals surface area contributed by atoms with Gasteiger partial charge in [-0.2, -0.15) is 0 Å². The number of aliphatic carboxylic acids is 1. The Labute approximate surface area is 162 Å². The number of amides is 2. The van der Waals surface area contributed by atoms with Gasteiger partial charge in [0.25, 0.3) is 11.8 Å². The number of anilines is 1. The van der Waals surface area contributed by atoms with E-state index in [1.165, 1.54) is 23.1 Å². The Balaban J connectivity index is 1.89. The van der Waals surface area contributed by atoms with Crippen LogP contribution >= 0.6 is 0 Å². The van der Waals surface area contributed by atoms with Crippen LogP contribution in [0.2, 0.25) is 0 Å². The smallest absolute Gasteiger partial charge is 0.308 e. The molecule has 0 unspecified atom stereocenters. The maximum Gasteiger partial charge on any atom is 0.308 e. The molecule has 2 amide bonds. The van der Waals surface area contributed by atoms with E-state index in [1.54, 1.807) is 38.1 Å². The summed E-state index contributed by atoms with van der Waals surface area (Å²) in [5.74, 6) is -3.38. The predicted octanol–water partition coefficient (Wildman–Crippen LogP) is 3.18. The fraction of sp³-hybridized carbons (Fsp3) is 0.286. The minimum atomic E-state index is -0.930. The summed E-state index contributed by atoms with van der Waals surface area (Å²) < 4.78 is 13.9. The van der Waals surface area contributed by atoms with E-state index in [2.05, 4.69) is 5.32 Å². The van der Waals surface area contributed by atoms with Crippen LogP contribution in [0.25, 0.3) is 0 Å². The molecule has 0 aliphatic carbocycles. The second-order valence-electron chi connectivity index (χ2n) is 7.06. The van der Waals surface area contributed by atoms with Gasteiger partial charge in [0.05, 0.1) is 22.7 Å². The van der Waals surface area contributed by atoms with E-state index in [9.17, 15) is 23.9 Å². The Kier molecular flexibility index (Phi) is 5.44. The van der Waals surface area contributed by atoms with Crippen LogP contribution in [0.4, 0.5) is 10.1 Å². The van der Waals surface area contributed by atoms with Crippen molar-refractivity contribution in [3.05, 3.63) is 65.0 Å². The van der Waals surface area contributed by atoms with Crippen LogP contribution in [0, 0.1) is 24.6 Å². The number of para-hydroxylation sites is 1. The van der Waals surface area contributed by atoms with Crippen LogP contribution in [0.15, 0.2) is 42.5 Å². The highest BCUT2D eigenvalue weighted by Gasteiger charge is 2.37. The maximum absolute atomic E-state index is 13.9. The summed E-state index contributed by atoms with van der Waals surface area (Å²) in [6.07, 6.45) is 0. The lowest BCUT2D eigenvalue weighted by Crippen LogP contribution is -2.31. The van der Waals surface area contributed by atoms with Crippen molar-refractivity contribution in [2.75, 3.05) is 18.4 Å². The number of aryl methyl sites for hydroxylation is 1. The minimum Gasteiger partial charge on any atom is -0.481 e. The van der Waals surface area contributed by atoms with Crippen molar-refractivity contribution >= 4 is 23.5 Å². The van der Waals surface area contributed by atoms with Crippen molar-refractivity contribution in [1.29, 1.82) is 0 Å². The van der Waals surface area contributed by atoms with E-state index in [-0.39, 0.29) is 29.5 Å². The summed E-state index contributed by atoms with van der Waals surface area (Å²) in [7, 11) is 0. The highest BCUT2D eigenvalue weighted by atomic mass is 19.1. The van der Waals surface area contributed by atoms with Crippen LogP contribution in [0.1, 0.15) is 33.2 Å². The zero-order valence-electron chi connectivity index (χ0n) is 15.6. The first-order valence-electron chi connectivity index (χ1n) is 8.97. The molecule has 2 N–H and O–H groups in total. The molecule has 2 aromatic carbocycles. The molecule has 1 fully saturated rings. The molecule has 28 heavy (non-hydrogen) atoms. The van der Waals surface area contributed by atoms with Gasteiger partial charge in [0.2, 0.25) is 0 Å². The molecule has 3 rings (SSSR count). The number of likely N-dealkylation sites (tertiary alicyclic amines) is 1. The second kappa shape index (κ2) is 7.80. The molecule has 0 radical (unpaired) electrons. The van der Waals surface area contributed by atoms with Gasteiger partial charge in [0, 0.05) is 13.1 Å². The number of hydrogen-bond donors (Lipinski definition) is 2. The molecule has 146 valence electrons. The van der Waals surface area contributed by atoms with Gasteiger partial charge in [0.1, 0.15) is 5.82 Å². The van der Waals surface area contributed by atoms with Gasteiger partial charge < -0.3 is 15.3 Å². The van der Waals surface area contributed by atoms with Crippen molar-refractivity contribution in [3.8, 4) is 0 Å². The van der Waals surface area contributed by atoms with E-state index in [1.807, 2.05) is 0 Å². The molecular formula is C21H21FN2O4. The maximum atomic E-state index is 13.9. The van der Waals surface area contributed by atoms with Crippen molar-refractivity contribution in [2.45, 2.75) is 13.8 Å². The van der Waals surface area contributed by atoms with Crippen LogP contribution in [0.3, 0.4) is 0 Å². The third-order valence-electron chi connectivity index (χ3n) is 5.08. The summed E-state index contributed by atoms with van der Waals surface area (Å²) >= 11 is 0. The molecule has 1 saturated heterocycles. The van der Waals surface area contributed by atoms with Gasteiger partial charge in [-0.3, -0.25) is 14.4 Å². The number of hydrogen-bond acceptors (Lipinski definition) is 3. The van der Waals surface area contributed by atoms with Gasteiger partial charge in [-0.1, -0.05) is 31.2 Å². The Morgan fingerprint density at radius 2 is 1.75 bits per heavy atom. The lowest BCUT2D eigenvalue weighted by Gasteiger charge is -2.20. The van der Waals surface area contributed by atoms with E-state index in [4.69, 9.17) is 0 Å². The Hall–Kier alpha value is -3.22. The zero-order chi connectivity index (χ0) is 20.4. The third kappa shape index (κ3) is 3.74. The van der Waals surface area contributed by atoms with Gasteiger partial charge in [0.15, 0.2) is 0 Å². The first-order valence-corrected chi connectivity index (χ1v) is 8.97. The third-order valence-corrected chi connectivity index (χ3v) is 5.08. The summed E-state index contributed by atoms with van der Waals surface area (Å²) in [6, 6.07) is 10.6. The Bertz CT molecular complexity index is 944. The Morgan fingerprint density at radius 1 is 1.07 bits per heavy atom. The van der Waals surface area contributed by atoms with Crippen molar-refractivity contribution in [2.24, 2.45) is 11.8 Å². The number of rotatable bonds is 4. The fourth-order valence-corrected chi connectivity index (χ4v) is 3.46. The fourth-order valence-electron chi connectivity index (χ4n) is 3.46. The van der Waals surface area contributed by atoms with E-state index >= 15 is 0 Å². The summed E-state index contributed by atoms with van der Waals surface area (Å²) in [6.45, 7) is 3.97. The minimum absolute atomic E-state index is 0.115. The SMILES string of the molecule is Cc1cccc(C(=O)N2C[C@@H](C)[C@H](C(=O)O)C2)c1NC(=O)c1ccccc1F. The zero-order valence-corrected chi connectivity index (χ0v) is 15.6. The number of carbonyl (C=O) groups is 3. The highest BCUT2D eigenvalue weighted by Crippen LogP contribution is 2.28. The Morgan fingerprint density at radius 3 is 2.39 bits per heavy atom. The van der Waals surface area contributed by atoms with Gasteiger partial charge >= 0.3 is 5.97 Å². The molecule has 2 aromatic rings. The quantitative estimate of drug-likeness (QED) is 0.848. The number of nitrogens with one attached hydrogen (secondary N) is 1. The van der Waals surface area contributed by atoms with Crippen LogP contribution in [0.5, 0.6) is 0 Å². The molecule has 6 nitrogen and oxygen atoms in total. The normalized spacial score (nSPS) is 18.8. The van der Waals surface area contributed by atoms with Gasteiger partial charge in [-0.15, -0.1) is 0 Å². The monoisotopic (exact) mass is 384 g/mol. The molecule has 1 heterocycles. The molecular weight excluding hydrogens is 363 g/mol. The topological polar surface area (TPSA) is 86.7 Å². The number of halogens is 1. The number of carbonyl (C=O) groups excluding carboxylic acids is 2. The molecule has 2 atom stereocenters. The standard InChI is InChI=1S/C21H21FN2O4/c1-12-6-5-8-15(20(26)24-10-13(2)16(11-24)21(27)28)18(12)23-19(25)14-7-3-4-9-17(14)22/h3-9,13,16H,10-11H2,1-2H3,(H,23,25)(H,27,28)/t13-,16-/m1/s1. The number of carboxylic acid groups (broad SMARTS) is 1. The van der Waals surface area contributed by atoms with Gasteiger partial charge in [-0.25, -0.2) is 4.39 Å². The molecule has 0 bridgehead atoms. The number of nitrogens with zero attached hydrogens (tertiary/aromatic N) is 1. The summed E-state index contributed by atoms with van der Waals surface area (Å²) in [5, 5.41) is 11.9. The largest absolute Gasteiger partial charge is 0.481 e. The molecule has 0 aromatic heterocycles. The number of benzene rings is 2. The lowest BCUT2D eigenvalue weighted by molar-refractivity contribution is -0.142. The summed E-state index contributed by atoms with van der Waals surface area (Å²) in [4.78, 5) is 38.4. The van der Waals surface area contributed by atoms with Crippen molar-refractivity contribution < 1.29 is 23.9 Å². The summed E-state index contributed by atoms with van der Waals surface area (Å²) in [5.41, 5.74) is 1.08. The average Bonchev–Trinajstić information content (AvgIpc) is 3.05. The highest BCUT2D eigenvalue weighted by molar-refractivity contribution is 6.09. The average molecular weight is 384 g/mol. The molecule has 0 spiro atoms. The lowest BCUT2D eigenvalue weighted by atomic mass is 9.99. The van der Waals surface area contributed by atoms with Crippen LogP contribution in [-0.2, 0) is 4.79 Å². The predicted molar refractivity (Wildman–Crippen MR) is 102 cm³/mol.